The largest absolute Gasteiger partial charge is 0.481 e. The minimum absolute atomic E-state index is 0. The summed E-state index contributed by atoms with van der Waals surface area (Å²) in [5.74, 6) is 1.44. The molecule has 27 heteroatoms. The van der Waals surface area contributed by atoms with E-state index < -0.39 is 27.2 Å². The van der Waals surface area contributed by atoms with Crippen LogP contribution in [-0.4, -0.2) is 149 Å². The normalized spacial score (nSPS) is 25.9. The number of carboxylic acid groups (broad SMARTS) is 1. The lowest BCUT2D eigenvalue weighted by Crippen LogP contribution is -2.31. The number of nitrogens with one attached hydrogen (secondary N) is 1. The van der Waals surface area contributed by atoms with Gasteiger partial charge in [0.15, 0.2) is 5.12 Å². The van der Waals surface area contributed by atoms with Gasteiger partial charge in [-0.05, 0) is 133 Å². The van der Waals surface area contributed by atoms with Crippen molar-refractivity contribution in [3.8, 4) is 0 Å². The van der Waals surface area contributed by atoms with Gasteiger partial charge in [-0.3, -0.25) is 38.4 Å². The molecule has 10 atom stereocenters. The van der Waals surface area contributed by atoms with Crippen molar-refractivity contribution in [3.63, 3.8) is 0 Å². The van der Waals surface area contributed by atoms with Crippen LogP contribution in [0.15, 0.2) is 0 Å². The second kappa shape index (κ2) is 46.4. The molecule has 0 aromatic carbocycles. The van der Waals surface area contributed by atoms with E-state index in [1.165, 1.54) is 80.1 Å². The molecule has 0 spiro atoms. The van der Waals surface area contributed by atoms with Crippen LogP contribution in [0.2, 0.25) is 0 Å². The van der Waals surface area contributed by atoms with E-state index in [-0.39, 0.29) is 101 Å². The molecule has 0 aromatic rings. The fourth-order valence-electron chi connectivity index (χ4n) is 9.91. The van der Waals surface area contributed by atoms with Crippen LogP contribution in [0.3, 0.4) is 0 Å². The SMILES string of the molecule is COC(=O)C1CCCC1.COC(=O)[C@@H]1C[C@@H](C)CN1.COC(=O)[C@H]1CC[C@@H](SC(C)=O)C1.COC(=O)[C@H]1CC[C@H](C)C1.COC(=O)[C@H]1CC[C@H](C)C1.COC(=O)[C@H]1CC[C@H](O)C1.Cl.O=C(O)C1CCCC1.O=S(=O)=O.O=S(=O)=O. The first kappa shape index (κ1) is 79.0. The van der Waals surface area contributed by atoms with Crippen LogP contribution >= 0.6 is 24.2 Å². The van der Waals surface area contributed by atoms with Crippen LogP contribution in [0.4, 0.5) is 0 Å². The van der Waals surface area contributed by atoms with Gasteiger partial charge in [-0.25, -0.2) is 0 Å². The number of carbonyl (C=O) groups excluding carboxylic acids is 7. The van der Waals surface area contributed by atoms with Gasteiger partial charge in [-0.1, -0.05) is 58.2 Å². The number of aliphatic hydroxyl groups is 1. The number of methoxy groups -OCH3 is 6. The van der Waals surface area contributed by atoms with Crippen LogP contribution in [0.5, 0.6) is 0 Å². The molecule has 0 radical (unpaired) electrons. The molecule has 7 aliphatic rings. The number of carbonyl (C=O) groups is 8. The number of carboxylic acids is 1. The van der Waals surface area contributed by atoms with E-state index >= 15 is 0 Å². The van der Waals surface area contributed by atoms with Crippen molar-refractivity contribution in [3.05, 3.63) is 0 Å². The van der Waals surface area contributed by atoms with E-state index in [0.29, 0.717) is 29.4 Å². The smallest absolute Gasteiger partial charge is 0.425 e. The summed E-state index contributed by atoms with van der Waals surface area (Å²) in [6, 6.07) is -0.0556. The topological polar surface area (TPSA) is 347 Å². The number of rotatable bonds is 8. The highest BCUT2D eigenvalue weighted by Crippen LogP contribution is 2.35. The minimum Gasteiger partial charge on any atom is -0.481 e. The van der Waals surface area contributed by atoms with Crippen molar-refractivity contribution in [1.29, 1.82) is 0 Å². The molecule has 7 fully saturated rings. The molecule has 0 aromatic heterocycles. The van der Waals surface area contributed by atoms with E-state index in [1.54, 1.807) is 6.92 Å². The Morgan fingerprint density at radius 3 is 1.04 bits per heavy atom. The van der Waals surface area contributed by atoms with Gasteiger partial charge < -0.3 is 44.0 Å². The quantitative estimate of drug-likeness (QED) is 0.177. The Morgan fingerprint density at radius 1 is 0.430 bits per heavy atom. The number of aliphatic hydroxyl groups excluding tert-OH is 1. The summed E-state index contributed by atoms with van der Waals surface area (Å²) in [4.78, 5) is 86.5. The number of halogens is 1. The molecule has 460 valence electrons. The minimum atomic E-state index is -3.11. The molecule has 0 amide bonds. The maximum absolute atomic E-state index is 11.1. The number of esters is 6. The van der Waals surface area contributed by atoms with Gasteiger partial charge in [-0.2, -0.15) is 0 Å². The summed E-state index contributed by atoms with van der Waals surface area (Å²) in [6.07, 6.45) is 20.2. The Kier molecular flexibility index (Phi) is 46.4. The molecular weight excluding hydrogens is 1120 g/mol. The van der Waals surface area contributed by atoms with Gasteiger partial charge in [0.25, 0.3) is 0 Å². The first-order chi connectivity index (χ1) is 36.7. The molecule has 6 aliphatic carbocycles. The summed E-state index contributed by atoms with van der Waals surface area (Å²) < 4.78 is 78.3. The molecule has 0 unspecified atom stereocenters. The van der Waals surface area contributed by atoms with Gasteiger partial charge >= 0.3 is 63.0 Å². The Balaban J connectivity index is -0.000000834. The zero-order chi connectivity index (χ0) is 59.9. The maximum atomic E-state index is 11.1. The molecule has 1 heterocycles. The number of hydrogen-bond donors (Lipinski definition) is 3. The molecule has 3 N–H and O–H groups in total. The highest BCUT2D eigenvalue weighted by atomic mass is 35.5. The van der Waals surface area contributed by atoms with Crippen LogP contribution in [0, 0.1) is 53.3 Å². The monoisotopic (exact) mass is 1210 g/mol. The van der Waals surface area contributed by atoms with Crippen molar-refractivity contribution < 1.29 is 102 Å². The van der Waals surface area contributed by atoms with E-state index in [1.807, 2.05) is 0 Å². The molecule has 6 saturated carbocycles. The number of hydrogen-bond acceptors (Lipinski definition) is 23. The predicted molar refractivity (Wildman–Crippen MR) is 292 cm³/mol. The van der Waals surface area contributed by atoms with Gasteiger partial charge in [0.2, 0.25) is 0 Å². The van der Waals surface area contributed by atoms with Crippen LogP contribution in [0.1, 0.15) is 163 Å². The molecular formula is C52H90ClNO22S3. The third-order valence-corrected chi connectivity index (χ3v) is 15.2. The van der Waals surface area contributed by atoms with Gasteiger partial charge in [-0.15, -0.1) is 37.7 Å². The second-order valence-corrected chi connectivity index (χ2v) is 22.6. The van der Waals surface area contributed by atoms with Crippen molar-refractivity contribution >= 4 is 92.3 Å². The maximum Gasteiger partial charge on any atom is 0.425 e. The molecule has 79 heavy (non-hydrogen) atoms. The average Bonchev–Trinajstić information content (AvgIpc) is 4.26. The average molecular weight is 1210 g/mol. The highest BCUT2D eigenvalue weighted by molar-refractivity contribution is 8.14. The van der Waals surface area contributed by atoms with Crippen LogP contribution in [0.25, 0.3) is 0 Å². The Morgan fingerprint density at radius 2 is 0.759 bits per heavy atom. The summed E-state index contributed by atoms with van der Waals surface area (Å²) >= 11 is 1.35. The molecule has 7 rings (SSSR count). The van der Waals surface area contributed by atoms with Crippen molar-refractivity contribution in [1.82, 2.24) is 5.32 Å². The second-order valence-electron chi connectivity index (χ2n) is 20.3. The fraction of sp³-hybridized carbons (Fsp3) is 0.846. The fourth-order valence-corrected chi connectivity index (χ4v) is 11.0. The lowest BCUT2D eigenvalue weighted by molar-refractivity contribution is -0.146. The third kappa shape index (κ3) is 38.9. The molecule has 1 aliphatic heterocycles. The zero-order valence-corrected chi connectivity index (χ0v) is 50.9. The number of ether oxygens (including phenoxy) is 6. The number of aliphatic carboxylic acids is 1. The van der Waals surface area contributed by atoms with Gasteiger partial charge in [0.1, 0.15) is 6.04 Å². The Hall–Kier alpha value is -4.24. The van der Waals surface area contributed by atoms with Gasteiger partial charge in [0, 0.05) is 12.2 Å². The first-order valence-corrected chi connectivity index (χ1v) is 29.4. The summed E-state index contributed by atoms with van der Waals surface area (Å²) in [5, 5.41) is 21.0. The zero-order valence-electron chi connectivity index (χ0n) is 47.7. The van der Waals surface area contributed by atoms with E-state index in [2.05, 4.69) is 54.5 Å². The lowest BCUT2D eigenvalue weighted by atomic mass is 10.1. The molecule has 1 saturated heterocycles. The summed E-state index contributed by atoms with van der Waals surface area (Å²) in [5.41, 5.74) is 0. The third-order valence-electron chi connectivity index (χ3n) is 14.1. The Labute approximate surface area is 480 Å². The molecule has 0 bridgehead atoms. The van der Waals surface area contributed by atoms with E-state index in [4.69, 9.17) is 35.5 Å². The first-order valence-electron chi connectivity index (χ1n) is 26.5. The van der Waals surface area contributed by atoms with Crippen molar-refractivity contribution in [2.45, 2.75) is 180 Å². The summed E-state index contributed by atoms with van der Waals surface area (Å²) in [6.45, 7) is 8.98. The van der Waals surface area contributed by atoms with E-state index in [9.17, 15) is 38.4 Å². The van der Waals surface area contributed by atoms with Crippen LogP contribution < -0.4 is 5.32 Å². The highest BCUT2D eigenvalue weighted by Gasteiger charge is 2.33. The lowest BCUT2D eigenvalue weighted by Gasteiger charge is -2.07. The van der Waals surface area contributed by atoms with Crippen LogP contribution in [-0.2, 0) is 88.0 Å². The predicted octanol–water partition coefficient (Wildman–Crippen LogP) is 6.30. The van der Waals surface area contributed by atoms with E-state index in [0.717, 1.165) is 109 Å². The Bertz CT molecular complexity index is 1870. The molecule has 23 nitrogen and oxygen atoms in total. The van der Waals surface area contributed by atoms with Gasteiger partial charge in [0.05, 0.1) is 84.3 Å². The van der Waals surface area contributed by atoms with Crippen molar-refractivity contribution in [2.75, 3.05) is 49.2 Å². The standard InChI is InChI=1S/C9H14O3S.2C8H14O2.C7H13NO2.C7H12O3.C7H12O2.C6H10O2.ClH.2O3S/c1-6(10)13-8-4-3-7(5-8)9(11)12-2;2*1-6-3-4-7(5-6)8(9)10-2;1-5-3-6(8-4-5)7(9)10-2;1-10-7(9)5-2-3-6(8)4-5;1-9-7(8)6-4-2-3-5-6;7-6(8)5-3-1-2-4-5;;2*1-4(2)3/h7-8H,3-5H2,1-2H3;2*6-7H,3-5H2,1-2H3;5-6,8H,3-4H2,1-2H3;5-6,8H,2-4H2,1H3;6H,2-5H2,1H3;5H,1-4H2,(H,7,8);1H;;/t7-,8+;2*6-,7-;5-,6+;5-,6-;;;;;/m00010...../s1. The van der Waals surface area contributed by atoms with Crippen molar-refractivity contribution in [2.24, 2.45) is 53.3 Å². The number of thioether (sulfide) groups is 1. The summed E-state index contributed by atoms with van der Waals surface area (Å²) in [7, 11) is 2.38.